The van der Waals surface area contributed by atoms with E-state index in [9.17, 15) is 9.59 Å². The van der Waals surface area contributed by atoms with Crippen LogP contribution in [0.5, 0.6) is 5.75 Å². The number of carbonyl (C=O) groups is 2. The lowest BCUT2D eigenvalue weighted by atomic mass is 9.96. The molecule has 1 saturated heterocycles. The van der Waals surface area contributed by atoms with Gasteiger partial charge in [-0.25, -0.2) is 0 Å². The number of hydrogen-bond acceptors (Lipinski definition) is 4. The van der Waals surface area contributed by atoms with Gasteiger partial charge in [-0.15, -0.1) is 0 Å². The summed E-state index contributed by atoms with van der Waals surface area (Å²) in [5.41, 5.74) is 0.997. The van der Waals surface area contributed by atoms with E-state index in [4.69, 9.17) is 9.15 Å². The summed E-state index contributed by atoms with van der Waals surface area (Å²) < 4.78 is 10.7. The molecule has 0 saturated carbocycles. The lowest BCUT2D eigenvalue weighted by Crippen LogP contribution is -2.45. The number of ether oxygens (including phenoxy) is 1. The van der Waals surface area contributed by atoms with Crippen molar-refractivity contribution in [3.8, 4) is 5.75 Å². The average Bonchev–Trinajstić information content (AvgIpc) is 3.08. The Morgan fingerprint density at radius 3 is 2.93 bits per heavy atom. The Bertz CT molecular complexity index is 799. The number of methoxy groups -OCH3 is 1. The van der Waals surface area contributed by atoms with Crippen LogP contribution < -0.4 is 10.1 Å². The van der Waals surface area contributed by atoms with Crippen molar-refractivity contribution >= 4 is 11.8 Å². The second-order valence-electron chi connectivity index (χ2n) is 6.91. The number of amides is 2. The molecule has 3 rings (SSSR count). The fraction of sp³-hybridized carbons (Fsp3) is 0.429. The topological polar surface area (TPSA) is 71.8 Å². The molecule has 2 heterocycles. The number of carbonyl (C=O) groups excluding carboxylic acids is 2. The zero-order chi connectivity index (χ0) is 19.2. The molecule has 1 aliphatic heterocycles. The maximum absolute atomic E-state index is 12.5. The van der Waals surface area contributed by atoms with Gasteiger partial charge in [0.2, 0.25) is 11.8 Å². The number of nitrogens with zero attached hydrogens (tertiary/aromatic N) is 1. The van der Waals surface area contributed by atoms with E-state index in [-0.39, 0.29) is 17.7 Å². The molecule has 0 aliphatic carbocycles. The minimum absolute atomic E-state index is 0.00132. The number of hydrogen-bond donors (Lipinski definition) is 1. The number of rotatable bonds is 7. The highest BCUT2D eigenvalue weighted by Crippen LogP contribution is 2.21. The van der Waals surface area contributed by atoms with Gasteiger partial charge in [0, 0.05) is 32.5 Å². The van der Waals surface area contributed by atoms with Crippen molar-refractivity contribution < 1.29 is 18.7 Å². The molecule has 27 heavy (non-hydrogen) atoms. The van der Waals surface area contributed by atoms with Gasteiger partial charge >= 0.3 is 0 Å². The molecule has 1 fully saturated rings. The van der Waals surface area contributed by atoms with Crippen LogP contribution in [0.25, 0.3) is 0 Å². The molecular weight excluding hydrogens is 344 g/mol. The third-order valence-electron chi connectivity index (χ3n) is 4.85. The van der Waals surface area contributed by atoms with Gasteiger partial charge < -0.3 is 19.4 Å². The van der Waals surface area contributed by atoms with E-state index in [2.05, 4.69) is 5.32 Å². The molecule has 6 heteroatoms. The first-order valence-electron chi connectivity index (χ1n) is 9.29. The van der Waals surface area contributed by atoms with Crippen LogP contribution in [-0.2, 0) is 22.6 Å². The Kier molecular flexibility index (Phi) is 6.16. The normalized spacial score (nSPS) is 17.0. The summed E-state index contributed by atoms with van der Waals surface area (Å²) >= 11 is 0. The summed E-state index contributed by atoms with van der Waals surface area (Å²) in [7, 11) is 1.62. The van der Waals surface area contributed by atoms with Crippen LogP contribution in [0.3, 0.4) is 0 Å². The first kappa shape index (κ1) is 19.0. The Hall–Kier alpha value is -2.76. The number of furan rings is 1. The third-order valence-corrected chi connectivity index (χ3v) is 4.85. The molecule has 2 amide bonds. The molecule has 0 unspecified atom stereocenters. The molecule has 1 aromatic carbocycles. The summed E-state index contributed by atoms with van der Waals surface area (Å²) in [6.07, 6.45) is 1.66. The molecular formula is C21H26N2O4. The minimum Gasteiger partial charge on any atom is -0.497 e. The van der Waals surface area contributed by atoms with E-state index in [1.165, 1.54) is 0 Å². The van der Waals surface area contributed by atoms with Gasteiger partial charge in [0.25, 0.3) is 0 Å². The first-order chi connectivity index (χ1) is 13.0. The molecule has 0 radical (unpaired) electrons. The van der Waals surface area contributed by atoms with Crippen molar-refractivity contribution in [2.24, 2.45) is 5.92 Å². The Morgan fingerprint density at radius 1 is 1.33 bits per heavy atom. The van der Waals surface area contributed by atoms with Gasteiger partial charge in [0.1, 0.15) is 17.3 Å². The average molecular weight is 370 g/mol. The zero-order valence-electron chi connectivity index (χ0n) is 15.9. The molecule has 1 aliphatic rings. The molecule has 1 atom stereocenters. The maximum atomic E-state index is 12.5. The van der Waals surface area contributed by atoms with Crippen LogP contribution in [-0.4, -0.2) is 36.9 Å². The van der Waals surface area contributed by atoms with E-state index in [1.807, 2.05) is 43.3 Å². The van der Waals surface area contributed by atoms with E-state index in [0.717, 1.165) is 22.8 Å². The summed E-state index contributed by atoms with van der Waals surface area (Å²) in [6, 6.07) is 11.5. The Balaban J connectivity index is 1.52. The monoisotopic (exact) mass is 370 g/mol. The summed E-state index contributed by atoms with van der Waals surface area (Å²) in [4.78, 5) is 26.5. The summed E-state index contributed by atoms with van der Waals surface area (Å²) in [5.74, 6) is 2.42. The highest BCUT2D eigenvalue weighted by atomic mass is 16.5. The number of aryl methyl sites for hydroxylation is 1. The van der Waals surface area contributed by atoms with Crippen LogP contribution in [0.4, 0.5) is 0 Å². The van der Waals surface area contributed by atoms with E-state index in [0.29, 0.717) is 38.9 Å². The van der Waals surface area contributed by atoms with Crippen molar-refractivity contribution in [2.75, 3.05) is 20.2 Å². The van der Waals surface area contributed by atoms with Crippen molar-refractivity contribution in [1.82, 2.24) is 10.2 Å². The lowest BCUT2D eigenvalue weighted by Gasteiger charge is -2.32. The quantitative estimate of drug-likeness (QED) is 0.813. The Labute approximate surface area is 159 Å². The smallest absolute Gasteiger partial charge is 0.224 e. The SMILES string of the molecule is COc1cccc(CN2C[C@@H](C(=O)NCCc3ccc(C)o3)CCC2=O)c1. The van der Waals surface area contributed by atoms with Crippen LogP contribution in [0, 0.1) is 12.8 Å². The Morgan fingerprint density at radius 2 is 2.19 bits per heavy atom. The molecule has 1 aromatic heterocycles. The number of piperidine rings is 1. The molecule has 6 nitrogen and oxygen atoms in total. The van der Waals surface area contributed by atoms with E-state index < -0.39 is 0 Å². The molecule has 1 N–H and O–H groups in total. The van der Waals surface area contributed by atoms with Crippen LogP contribution in [0.1, 0.15) is 29.9 Å². The zero-order valence-corrected chi connectivity index (χ0v) is 15.9. The van der Waals surface area contributed by atoms with Crippen LogP contribution in [0.15, 0.2) is 40.8 Å². The van der Waals surface area contributed by atoms with Gasteiger partial charge in [-0.05, 0) is 43.2 Å². The van der Waals surface area contributed by atoms with E-state index >= 15 is 0 Å². The molecule has 144 valence electrons. The number of benzene rings is 1. The van der Waals surface area contributed by atoms with Gasteiger partial charge in [-0.3, -0.25) is 9.59 Å². The van der Waals surface area contributed by atoms with Crippen molar-refractivity contribution in [3.05, 3.63) is 53.5 Å². The van der Waals surface area contributed by atoms with Gasteiger partial charge in [0.15, 0.2) is 0 Å². The van der Waals surface area contributed by atoms with Crippen molar-refractivity contribution in [3.63, 3.8) is 0 Å². The van der Waals surface area contributed by atoms with Gasteiger partial charge in [-0.1, -0.05) is 12.1 Å². The first-order valence-corrected chi connectivity index (χ1v) is 9.29. The number of likely N-dealkylation sites (tertiary alicyclic amines) is 1. The second kappa shape index (κ2) is 8.75. The predicted octanol–water partition coefficient (Wildman–Crippen LogP) is 2.69. The molecule has 2 aromatic rings. The minimum atomic E-state index is -0.174. The lowest BCUT2D eigenvalue weighted by molar-refractivity contribution is -0.138. The van der Waals surface area contributed by atoms with Crippen LogP contribution >= 0.6 is 0 Å². The van der Waals surface area contributed by atoms with Gasteiger partial charge in [0.05, 0.1) is 13.0 Å². The highest BCUT2D eigenvalue weighted by molar-refractivity contribution is 5.83. The maximum Gasteiger partial charge on any atom is 0.224 e. The predicted molar refractivity (Wildman–Crippen MR) is 101 cm³/mol. The molecule has 0 bridgehead atoms. The van der Waals surface area contributed by atoms with Crippen molar-refractivity contribution in [1.29, 1.82) is 0 Å². The third kappa shape index (κ3) is 5.12. The molecule has 0 spiro atoms. The standard InChI is InChI=1S/C21H26N2O4/c1-15-6-8-18(27-15)10-11-22-21(25)17-7-9-20(24)23(14-17)13-16-4-3-5-19(12-16)26-2/h3-6,8,12,17H,7,9-11,13-14H2,1-2H3,(H,22,25)/t17-/m0/s1. The second-order valence-corrected chi connectivity index (χ2v) is 6.91. The highest BCUT2D eigenvalue weighted by Gasteiger charge is 2.30. The number of nitrogens with one attached hydrogen (secondary N) is 1. The van der Waals surface area contributed by atoms with E-state index in [1.54, 1.807) is 12.0 Å². The van der Waals surface area contributed by atoms with Crippen LogP contribution in [0.2, 0.25) is 0 Å². The fourth-order valence-corrected chi connectivity index (χ4v) is 3.35. The summed E-state index contributed by atoms with van der Waals surface area (Å²) in [5, 5.41) is 2.97. The van der Waals surface area contributed by atoms with Crippen molar-refractivity contribution in [2.45, 2.75) is 32.7 Å². The largest absolute Gasteiger partial charge is 0.497 e. The van der Waals surface area contributed by atoms with Gasteiger partial charge in [-0.2, -0.15) is 0 Å². The fourth-order valence-electron chi connectivity index (χ4n) is 3.35. The summed E-state index contributed by atoms with van der Waals surface area (Å²) in [6.45, 7) is 3.37.